The molecule has 1 aliphatic carbocycles. The molecule has 0 radical (unpaired) electrons. The van der Waals surface area contributed by atoms with E-state index in [4.69, 9.17) is 0 Å². The smallest absolute Gasteiger partial charge is 0.207 e. The van der Waals surface area contributed by atoms with Crippen molar-refractivity contribution in [2.45, 2.75) is 23.8 Å². The zero-order chi connectivity index (χ0) is 15.0. The molecule has 0 aliphatic heterocycles. The summed E-state index contributed by atoms with van der Waals surface area (Å²) in [6, 6.07) is 12.9. The Hall–Kier alpha value is -0.690. The van der Waals surface area contributed by atoms with E-state index in [-0.39, 0.29) is 10.9 Å². The van der Waals surface area contributed by atoms with E-state index in [0.29, 0.717) is 4.47 Å². The van der Waals surface area contributed by atoms with Crippen molar-refractivity contribution >= 4 is 41.9 Å². The molecular weight excluding hydrogens is 418 g/mol. The number of halogens is 2. The average Bonchev–Trinajstić information content (AvgIpc) is 2.84. The quantitative estimate of drug-likeness (QED) is 0.793. The highest BCUT2D eigenvalue weighted by Crippen LogP contribution is 2.33. The van der Waals surface area contributed by atoms with Gasteiger partial charge >= 0.3 is 0 Å². The van der Waals surface area contributed by atoms with E-state index in [9.17, 15) is 8.42 Å². The molecule has 0 fully saturated rings. The van der Waals surface area contributed by atoms with Crippen molar-refractivity contribution in [2.24, 2.45) is 0 Å². The average molecular weight is 431 g/mol. The first kappa shape index (κ1) is 15.2. The van der Waals surface area contributed by atoms with Crippen LogP contribution in [0.1, 0.15) is 23.6 Å². The second-order valence-electron chi connectivity index (χ2n) is 4.99. The predicted molar refractivity (Wildman–Crippen MR) is 89.7 cm³/mol. The van der Waals surface area contributed by atoms with Gasteiger partial charge in [0.2, 0.25) is 10.0 Å². The molecule has 0 spiro atoms. The van der Waals surface area contributed by atoms with Gasteiger partial charge in [-0.15, -0.1) is 0 Å². The van der Waals surface area contributed by atoms with Crippen LogP contribution >= 0.6 is 31.9 Å². The molecule has 0 bridgehead atoms. The number of hydrogen-bond acceptors (Lipinski definition) is 2. The van der Waals surface area contributed by atoms with Crippen molar-refractivity contribution in [1.82, 2.24) is 4.72 Å². The van der Waals surface area contributed by atoms with Gasteiger partial charge in [0, 0.05) is 15.0 Å². The van der Waals surface area contributed by atoms with Gasteiger partial charge in [-0.3, -0.25) is 0 Å². The Morgan fingerprint density at radius 3 is 2.67 bits per heavy atom. The summed E-state index contributed by atoms with van der Waals surface area (Å²) in [5, 5.41) is 0. The standard InChI is InChI=1S/C15H13Br2NO2S/c16-11-6-7-13(17)15(9-11)21(19,20)18-14-8-5-10-3-1-2-4-12(10)14/h1-4,6-7,9,14,18H,5,8H2/t14-/m1/s1. The largest absolute Gasteiger partial charge is 0.242 e. The molecule has 0 unspecified atom stereocenters. The van der Waals surface area contributed by atoms with Crippen LogP contribution in [0.25, 0.3) is 0 Å². The Morgan fingerprint density at radius 2 is 1.86 bits per heavy atom. The Bertz CT molecular complexity index is 790. The van der Waals surface area contributed by atoms with E-state index in [1.165, 1.54) is 5.56 Å². The minimum absolute atomic E-state index is 0.155. The SMILES string of the molecule is O=S(=O)(N[C@@H]1CCc2ccccc21)c1cc(Br)ccc1Br. The zero-order valence-corrected chi connectivity index (χ0v) is 15.0. The lowest BCUT2D eigenvalue weighted by Crippen LogP contribution is -2.27. The molecule has 3 nitrogen and oxygen atoms in total. The Morgan fingerprint density at radius 1 is 1.10 bits per heavy atom. The fourth-order valence-electron chi connectivity index (χ4n) is 2.61. The van der Waals surface area contributed by atoms with Crippen LogP contribution < -0.4 is 4.72 Å². The second kappa shape index (κ2) is 5.83. The molecule has 2 aromatic carbocycles. The zero-order valence-electron chi connectivity index (χ0n) is 11.0. The number of rotatable bonds is 3. The first-order chi connectivity index (χ1) is 9.97. The van der Waals surface area contributed by atoms with Crippen LogP contribution in [0.5, 0.6) is 0 Å². The van der Waals surface area contributed by atoms with E-state index in [2.05, 4.69) is 42.6 Å². The second-order valence-corrected chi connectivity index (χ2v) is 8.44. The van der Waals surface area contributed by atoms with Crippen LogP contribution in [0.15, 0.2) is 56.3 Å². The van der Waals surface area contributed by atoms with Crippen LogP contribution in [0.2, 0.25) is 0 Å². The summed E-state index contributed by atoms with van der Waals surface area (Å²) < 4.78 is 29.3. The van der Waals surface area contributed by atoms with E-state index in [1.54, 1.807) is 18.2 Å². The summed E-state index contributed by atoms with van der Waals surface area (Å²) in [4.78, 5) is 0.251. The van der Waals surface area contributed by atoms with Crippen molar-refractivity contribution < 1.29 is 8.42 Å². The number of aryl methyl sites for hydroxylation is 1. The summed E-state index contributed by atoms with van der Waals surface area (Å²) in [6.07, 6.45) is 1.70. The normalized spacial score (nSPS) is 17.7. The highest BCUT2D eigenvalue weighted by molar-refractivity contribution is 9.11. The van der Waals surface area contributed by atoms with Crippen molar-refractivity contribution in [1.29, 1.82) is 0 Å². The third kappa shape index (κ3) is 3.08. The third-order valence-corrected chi connectivity index (χ3v) is 6.57. The summed E-state index contributed by atoms with van der Waals surface area (Å²) in [5.74, 6) is 0. The Kier molecular flexibility index (Phi) is 4.23. The van der Waals surface area contributed by atoms with E-state index >= 15 is 0 Å². The minimum Gasteiger partial charge on any atom is -0.207 e. The molecule has 2 aromatic rings. The predicted octanol–water partition coefficient (Wildman–Crippen LogP) is 4.18. The van der Waals surface area contributed by atoms with Crippen LogP contribution in [0, 0.1) is 0 Å². The molecule has 1 aliphatic rings. The summed E-state index contributed by atoms with van der Waals surface area (Å²) in [6.45, 7) is 0. The summed E-state index contributed by atoms with van der Waals surface area (Å²) in [7, 11) is -3.57. The van der Waals surface area contributed by atoms with Gasteiger partial charge in [-0.05, 0) is 58.1 Å². The topological polar surface area (TPSA) is 46.2 Å². The molecule has 0 amide bonds. The number of sulfonamides is 1. The minimum atomic E-state index is -3.57. The molecule has 21 heavy (non-hydrogen) atoms. The van der Waals surface area contributed by atoms with Gasteiger partial charge in [-0.2, -0.15) is 0 Å². The molecule has 0 saturated carbocycles. The lowest BCUT2D eigenvalue weighted by Gasteiger charge is -2.15. The van der Waals surface area contributed by atoms with Crippen molar-refractivity contribution in [3.63, 3.8) is 0 Å². The maximum atomic E-state index is 12.6. The van der Waals surface area contributed by atoms with Gasteiger partial charge < -0.3 is 0 Å². The lowest BCUT2D eigenvalue weighted by atomic mass is 10.1. The molecule has 0 heterocycles. The van der Waals surface area contributed by atoms with Gasteiger partial charge in [0.25, 0.3) is 0 Å². The summed E-state index contributed by atoms with van der Waals surface area (Å²) >= 11 is 6.62. The monoisotopic (exact) mass is 429 g/mol. The van der Waals surface area contributed by atoms with Gasteiger partial charge in [-0.25, -0.2) is 13.1 Å². The maximum Gasteiger partial charge on any atom is 0.242 e. The van der Waals surface area contributed by atoms with Gasteiger partial charge in [0.1, 0.15) is 0 Å². The van der Waals surface area contributed by atoms with Gasteiger partial charge in [0.05, 0.1) is 4.90 Å². The van der Waals surface area contributed by atoms with Crippen LogP contribution in [-0.4, -0.2) is 8.42 Å². The van der Waals surface area contributed by atoms with Gasteiger partial charge in [0.15, 0.2) is 0 Å². The fourth-order valence-corrected chi connectivity index (χ4v) is 5.37. The van der Waals surface area contributed by atoms with E-state index in [1.807, 2.05) is 18.2 Å². The first-order valence-corrected chi connectivity index (χ1v) is 9.59. The molecule has 0 aromatic heterocycles. The number of benzene rings is 2. The maximum absolute atomic E-state index is 12.6. The van der Waals surface area contributed by atoms with Gasteiger partial charge in [-0.1, -0.05) is 40.2 Å². The molecule has 110 valence electrons. The Balaban J connectivity index is 1.93. The number of hydrogen-bond donors (Lipinski definition) is 1. The van der Waals surface area contributed by atoms with Crippen molar-refractivity contribution in [2.75, 3.05) is 0 Å². The summed E-state index contributed by atoms with van der Waals surface area (Å²) in [5.41, 5.74) is 2.30. The first-order valence-electron chi connectivity index (χ1n) is 6.52. The van der Waals surface area contributed by atoms with Crippen molar-refractivity contribution in [3.05, 3.63) is 62.5 Å². The number of nitrogens with one attached hydrogen (secondary N) is 1. The third-order valence-electron chi connectivity index (χ3n) is 3.61. The van der Waals surface area contributed by atoms with E-state index < -0.39 is 10.0 Å². The highest BCUT2D eigenvalue weighted by Gasteiger charge is 2.28. The molecule has 1 N–H and O–H groups in total. The van der Waals surface area contributed by atoms with Crippen LogP contribution in [0.4, 0.5) is 0 Å². The molecular formula is C15H13Br2NO2S. The van der Waals surface area contributed by atoms with E-state index in [0.717, 1.165) is 22.9 Å². The molecule has 0 saturated heterocycles. The Labute approximate surface area is 141 Å². The lowest BCUT2D eigenvalue weighted by molar-refractivity contribution is 0.554. The van der Waals surface area contributed by atoms with Crippen LogP contribution in [-0.2, 0) is 16.4 Å². The highest BCUT2D eigenvalue weighted by atomic mass is 79.9. The van der Waals surface area contributed by atoms with Crippen LogP contribution in [0.3, 0.4) is 0 Å². The molecule has 3 rings (SSSR count). The molecule has 1 atom stereocenters. The molecule has 6 heteroatoms. The fraction of sp³-hybridized carbons (Fsp3) is 0.200. The number of fused-ring (bicyclic) bond motifs is 1. The van der Waals surface area contributed by atoms with Crippen molar-refractivity contribution in [3.8, 4) is 0 Å².